The molecule has 3 aliphatic heterocycles. The van der Waals surface area contributed by atoms with Crippen molar-refractivity contribution in [3.63, 3.8) is 0 Å². The summed E-state index contributed by atoms with van der Waals surface area (Å²) in [6, 6.07) is 0.525. The minimum Gasteiger partial charge on any atom is -0.444 e. The first-order valence-electron chi connectivity index (χ1n) is 9.21. The maximum absolute atomic E-state index is 12.2. The maximum atomic E-state index is 12.2. The van der Waals surface area contributed by atoms with E-state index in [0.29, 0.717) is 6.04 Å². The summed E-state index contributed by atoms with van der Waals surface area (Å²) in [6.07, 6.45) is 3.26. The second kappa shape index (κ2) is 6.46. The summed E-state index contributed by atoms with van der Waals surface area (Å²) in [7, 11) is 0. The Kier molecular flexibility index (Phi) is 4.84. The zero-order valence-electron chi connectivity index (χ0n) is 15.7. The van der Waals surface area contributed by atoms with E-state index in [2.05, 4.69) is 4.90 Å². The molecule has 3 saturated heterocycles. The molecule has 0 bridgehead atoms. The fourth-order valence-electron chi connectivity index (χ4n) is 4.00. The van der Waals surface area contributed by atoms with Gasteiger partial charge in [0.05, 0.1) is 12.2 Å². The van der Waals surface area contributed by atoms with E-state index in [9.17, 15) is 4.79 Å². The lowest BCUT2D eigenvalue weighted by atomic mass is 9.98. The Hall–Kier alpha value is -0.850. The van der Waals surface area contributed by atoms with Crippen LogP contribution in [0.1, 0.15) is 53.9 Å². The van der Waals surface area contributed by atoms with Gasteiger partial charge in [-0.15, -0.1) is 0 Å². The quantitative estimate of drug-likeness (QED) is 0.734. The Morgan fingerprint density at radius 2 is 1.67 bits per heavy atom. The summed E-state index contributed by atoms with van der Waals surface area (Å²) in [5.41, 5.74) is -0.428. The fraction of sp³-hybridized carbons (Fsp3) is 0.944. The molecule has 0 aromatic rings. The first-order chi connectivity index (χ1) is 11.1. The molecule has 3 fully saturated rings. The Bertz CT molecular complexity index is 466. The van der Waals surface area contributed by atoms with Crippen molar-refractivity contribution in [2.45, 2.75) is 83.5 Å². The smallest absolute Gasteiger partial charge is 0.410 e. The number of hydrogen-bond donors (Lipinski definition) is 0. The van der Waals surface area contributed by atoms with Gasteiger partial charge in [0.15, 0.2) is 5.79 Å². The lowest BCUT2D eigenvalue weighted by Crippen LogP contribution is -2.53. The predicted octanol–water partition coefficient (Wildman–Crippen LogP) is 2.61. The van der Waals surface area contributed by atoms with Crippen LogP contribution in [0.4, 0.5) is 4.79 Å². The number of amides is 1. The van der Waals surface area contributed by atoms with E-state index in [1.165, 1.54) is 0 Å². The van der Waals surface area contributed by atoms with Crippen LogP contribution < -0.4 is 0 Å². The Morgan fingerprint density at radius 1 is 1.04 bits per heavy atom. The van der Waals surface area contributed by atoms with Gasteiger partial charge < -0.3 is 19.1 Å². The summed E-state index contributed by atoms with van der Waals surface area (Å²) in [4.78, 5) is 16.5. The fourth-order valence-corrected chi connectivity index (χ4v) is 4.00. The zero-order chi connectivity index (χ0) is 17.5. The molecule has 6 nitrogen and oxygen atoms in total. The highest BCUT2D eigenvalue weighted by atomic mass is 16.8. The number of likely N-dealkylation sites (tertiary alicyclic amines) is 2. The summed E-state index contributed by atoms with van der Waals surface area (Å²) in [6.45, 7) is 13.2. The minimum atomic E-state index is -0.453. The molecule has 3 heterocycles. The molecule has 0 spiro atoms. The van der Waals surface area contributed by atoms with E-state index in [-0.39, 0.29) is 18.3 Å². The van der Waals surface area contributed by atoms with Crippen LogP contribution in [0.5, 0.6) is 0 Å². The van der Waals surface area contributed by atoms with Crippen molar-refractivity contribution in [1.82, 2.24) is 9.80 Å². The maximum Gasteiger partial charge on any atom is 0.410 e. The summed E-state index contributed by atoms with van der Waals surface area (Å²) in [5.74, 6) is -0.453. The number of piperidine rings is 2. The van der Waals surface area contributed by atoms with Crippen LogP contribution in [-0.2, 0) is 14.2 Å². The van der Waals surface area contributed by atoms with Gasteiger partial charge in [0.2, 0.25) is 0 Å². The summed E-state index contributed by atoms with van der Waals surface area (Å²) >= 11 is 0. The molecule has 0 radical (unpaired) electrons. The Labute approximate surface area is 145 Å². The molecular weight excluding hydrogens is 308 g/mol. The van der Waals surface area contributed by atoms with Crippen molar-refractivity contribution in [3.05, 3.63) is 0 Å². The molecule has 0 saturated carbocycles. The van der Waals surface area contributed by atoms with Gasteiger partial charge in [0.1, 0.15) is 5.60 Å². The first-order valence-corrected chi connectivity index (χ1v) is 9.21. The molecule has 0 aromatic carbocycles. The summed E-state index contributed by atoms with van der Waals surface area (Å²) < 4.78 is 17.5. The predicted molar refractivity (Wildman–Crippen MR) is 90.8 cm³/mol. The third-order valence-electron chi connectivity index (χ3n) is 5.03. The van der Waals surface area contributed by atoms with Gasteiger partial charge in [-0.05, 0) is 53.9 Å². The molecule has 138 valence electrons. The van der Waals surface area contributed by atoms with Gasteiger partial charge in [-0.25, -0.2) is 4.79 Å². The Morgan fingerprint density at radius 3 is 2.29 bits per heavy atom. The van der Waals surface area contributed by atoms with Crippen LogP contribution in [0.3, 0.4) is 0 Å². The number of carbonyl (C=O) groups is 1. The van der Waals surface area contributed by atoms with Crippen LogP contribution in [0, 0.1) is 0 Å². The number of nitrogens with zero attached hydrogens (tertiary/aromatic N) is 2. The van der Waals surface area contributed by atoms with Gasteiger partial charge in [-0.2, -0.15) is 0 Å². The number of ether oxygens (including phenoxy) is 3. The molecule has 3 aliphatic rings. The average Bonchev–Trinajstić information content (AvgIpc) is 2.78. The number of carbonyl (C=O) groups excluding carboxylic acids is 1. The molecule has 2 atom stereocenters. The van der Waals surface area contributed by atoms with Crippen LogP contribution >= 0.6 is 0 Å². The molecule has 0 N–H and O–H groups in total. The zero-order valence-corrected chi connectivity index (χ0v) is 15.7. The Balaban J connectivity index is 1.48. The highest BCUT2D eigenvalue weighted by Gasteiger charge is 2.45. The van der Waals surface area contributed by atoms with Gasteiger partial charge in [-0.1, -0.05) is 0 Å². The second-order valence-electron chi connectivity index (χ2n) is 8.69. The molecule has 2 unspecified atom stereocenters. The van der Waals surface area contributed by atoms with Gasteiger partial charge in [0, 0.05) is 32.2 Å². The monoisotopic (exact) mass is 340 g/mol. The van der Waals surface area contributed by atoms with Crippen LogP contribution in [0.25, 0.3) is 0 Å². The van der Waals surface area contributed by atoms with Crippen molar-refractivity contribution in [1.29, 1.82) is 0 Å². The SMILES string of the molecule is CC(C)(C)OC(=O)N1CCC(N2CCC3OC(C)(C)OC3C2)CC1. The highest BCUT2D eigenvalue weighted by Crippen LogP contribution is 2.34. The van der Waals surface area contributed by atoms with E-state index >= 15 is 0 Å². The van der Waals surface area contributed by atoms with E-state index in [1.54, 1.807) is 0 Å². The van der Waals surface area contributed by atoms with Crippen molar-refractivity contribution in [2.75, 3.05) is 26.2 Å². The van der Waals surface area contributed by atoms with Crippen molar-refractivity contribution in [2.24, 2.45) is 0 Å². The number of rotatable bonds is 1. The summed E-state index contributed by atoms with van der Waals surface area (Å²) in [5, 5.41) is 0. The van der Waals surface area contributed by atoms with Crippen molar-refractivity contribution >= 4 is 6.09 Å². The van der Waals surface area contributed by atoms with E-state index in [1.807, 2.05) is 39.5 Å². The number of fused-ring (bicyclic) bond motifs is 1. The van der Waals surface area contributed by atoms with Crippen LogP contribution in [0.15, 0.2) is 0 Å². The third-order valence-corrected chi connectivity index (χ3v) is 5.03. The van der Waals surface area contributed by atoms with Crippen molar-refractivity contribution in [3.8, 4) is 0 Å². The van der Waals surface area contributed by atoms with E-state index in [4.69, 9.17) is 14.2 Å². The molecule has 24 heavy (non-hydrogen) atoms. The first kappa shape index (κ1) is 18.0. The number of hydrogen-bond acceptors (Lipinski definition) is 5. The molecule has 0 aromatic heterocycles. The molecule has 6 heteroatoms. The topological polar surface area (TPSA) is 51.2 Å². The van der Waals surface area contributed by atoms with Crippen LogP contribution in [-0.4, -0.2) is 71.7 Å². The molecule has 1 amide bonds. The van der Waals surface area contributed by atoms with Gasteiger partial charge >= 0.3 is 6.09 Å². The average molecular weight is 340 g/mol. The van der Waals surface area contributed by atoms with Crippen LogP contribution in [0.2, 0.25) is 0 Å². The van der Waals surface area contributed by atoms with E-state index in [0.717, 1.165) is 45.4 Å². The van der Waals surface area contributed by atoms with Gasteiger partial charge in [-0.3, -0.25) is 4.90 Å². The lowest BCUT2D eigenvalue weighted by molar-refractivity contribution is -0.145. The third kappa shape index (κ3) is 4.21. The molecule has 0 aliphatic carbocycles. The van der Waals surface area contributed by atoms with Crippen molar-refractivity contribution < 1.29 is 19.0 Å². The minimum absolute atomic E-state index is 0.178. The standard InChI is InChI=1S/C18H32N2O4/c1-17(2,3)24-16(21)19-9-6-13(7-10-19)20-11-8-14-15(12-20)23-18(4,5)22-14/h13-15H,6-12H2,1-5H3. The molecule has 3 rings (SSSR count). The largest absolute Gasteiger partial charge is 0.444 e. The van der Waals surface area contributed by atoms with E-state index < -0.39 is 11.4 Å². The van der Waals surface area contributed by atoms with Gasteiger partial charge in [0.25, 0.3) is 0 Å². The molecular formula is C18H32N2O4. The lowest BCUT2D eigenvalue weighted by Gasteiger charge is -2.42. The normalized spacial score (nSPS) is 31.8. The highest BCUT2D eigenvalue weighted by molar-refractivity contribution is 5.68. The second-order valence-corrected chi connectivity index (χ2v) is 8.69.